The molecular weight excluding hydrogens is 208 g/mol. The van der Waals surface area contributed by atoms with Gasteiger partial charge in [-0.3, -0.25) is 0 Å². The minimum absolute atomic E-state index is 0.199. The number of thioether (sulfide) groups is 2. The number of nitrogens with zero attached hydrogens (tertiary/aromatic N) is 2. The fourth-order valence-electron chi connectivity index (χ4n) is 0.512. The van der Waals surface area contributed by atoms with E-state index in [1.165, 1.54) is 23.9 Å². The van der Waals surface area contributed by atoms with Crippen molar-refractivity contribution >= 4 is 35.7 Å². The summed E-state index contributed by atoms with van der Waals surface area (Å²) in [6.45, 7) is 2.04. The smallest absolute Gasteiger partial charge is 0.211 e. The molecule has 0 aromatic carbocycles. The fourth-order valence-corrected chi connectivity index (χ4v) is 2.30. The van der Waals surface area contributed by atoms with Crippen LogP contribution in [-0.2, 0) is 9.59 Å². The van der Waals surface area contributed by atoms with Gasteiger partial charge in [0.15, 0.2) is 4.71 Å². The normalized spacial score (nSPS) is 11.2. The van der Waals surface area contributed by atoms with Crippen LogP contribution in [0.3, 0.4) is 0 Å². The predicted molar refractivity (Wildman–Crippen MR) is 55.2 cm³/mol. The summed E-state index contributed by atoms with van der Waals surface area (Å²) in [4.78, 5) is 26.6. The molecule has 0 aliphatic heterocycles. The molecule has 0 radical (unpaired) electrons. The van der Waals surface area contributed by atoms with Crippen LogP contribution in [0.2, 0.25) is 0 Å². The maximum atomic E-state index is 9.98. The molecule has 72 valence electrons. The molecule has 0 saturated heterocycles. The predicted octanol–water partition coefficient (Wildman–Crippen LogP) is 1.78. The quantitative estimate of drug-likeness (QED) is 0.371. The lowest BCUT2D eigenvalue weighted by molar-refractivity contribution is 0.563. The van der Waals surface area contributed by atoms with E-state index in [9.17, 15) is 9.59 Å². The van der Waals surface area contributed by atoms with Crippen molar-refractivity contribution < 1.29 is 9.59 Å². The molecule has 0 saturated carbocycles. The lowest BCUT2D eigenvalue weighted by Gasteiger charge is -2.05. The van der Waals surface area contributed by atoms with Gasteiger partial charge in [-0.2, -0.15) is 9.98 Å². The monoisotopic (exact) mass is 218 g/mol. The Morgan fingerprint density at radius 2 is 2.08 bits per heavy atom. The van der Waals surface area contributed by atoms with Crippen molar-refractivity contribution in [1.29, 1.82) is 0 Å². The maximum Gasteiger partial charge on any atom is 0.236 e. The highest BCUT2D eigenvalue weighted by Gasteiger charge is 2.05. The van der Waals surface area contributed by atoms with E-state index in [1.807, 2.05) is 6.92 Å². The van der Waals surface area contributed by atoms with Crippen LogP contribution >= 0.6 is 23.5 Å². The van der Waals surface area contributed by atoms with Crippen molar-refractivity contribution in [2.45, 2.75) is 18.1 Å². The van der Waals surface area contributed by atoms with Gasteiger partial charge in [0.25, 0.3) is 0 Å². The van der Waals surface area contributed by atoms with Crippen LogP contribution in [0.1, 0.15) is 13.3 Å². The van der Waals surface area contributed by atoms with Crippen molar-refractivity contribution in [3.8, 4) is 0 Å². The van der Waals surface area contributed by atoms with Crippen LogP contribution in [0.5, 0.6) is 0 Å². The minimum Gasteiger partial charge on any atom is -0.211 e. The van der Waals surface area contributed by atoms with Gasteiger partial charge in [-0.05, 0) is 12.2 Å². The van der Waals surface area contributed by atoms with E-state index in [0.29, 0.717) is 0 Å². The van der Waals surface area contributed by atoms with Gasteiger partial charge in [0, 0.05) is 0 Å². The van der Waals surface area contributed by atoms with Gasteiger partial charge in [-0.25, -0.2) is 9.59 Å². The molecule has 0 fully saturated rings. The van der Waals surface area contributed by atoms with Crippen molar-refractivity contribution in [1.82, 2.24) is 0 Å². The largest absolute Gasteiger partial charge is 0.236 e. The lowest BCUT2D eigenvalue weighted by Crippen LogP contribution is -1.94. The molecule has 1 atom stereocenters. The Balaban J connectivity index is 3.78. The second-order valence-corrected chi connectivity index (χ2v) is 4.47. The summed E-state index contributed by atoms with van der Waals surface area (Å²) in [5.41, 5.74) is 0. The van der Waals surface area contributed by atoms with Crippen molar-refractivity contribution in [3.63, 3.8) is 0 Å². The topological polar surface area (TPSA) is 58.9 Å². The standard InChI is InChI=1S/C7H10N2O2S2/c1-2-3-12-7(9-5-11)13-6-8-4-10/h7H,2-3,6H2,1H3. The van der Waals surface area contributed by atoms with E-state index in [0.717, 1.165) is 12.2 Å². The molecule has 0 aliphatic carbocycles. The first-order chi connectivity index (χ1) is 6.35. The van der Waals surface area contributed by atoms with E-state index in [4.69, 9.17) is 0 Å². The first kappa shape index (κ1) is 12.5. The van der Waals surface area contributed by atoms with Crippen molar-refractivity contribution in [2.75, 3.05) is 11.6 Å². The summed E-state index contributed by atoms with van der Waals surface area (Å²) < 4.78 is -0.199. The summed E-state index contributed by atoms with van der Waals surface area (Å²) in [5.74, 6) is 1.21. The molecule has 0 amide bonds. The third-order valence-corrected chi connectivity index (χ3v) is 3.49. The van der Waals surface area contributed by atoms with E-state index in [-0.39, 0.29) is 10.6 Å². The fraction of sp³-hybridized carbons (Fsp3) is 0.714. The van der Waals surface area contributed by atoms with Crippen molar-refractivity contribution in [2.24, 2.45) is 9.98 Å². The lowest BCUT2D eigenvalue weighted by atomic mass is 10.6. The number of hydrogen-bond donors (Lipinski definition) is 0. The van der Waals surface area contributed by atoms with Gasteiger partial charge in [-0.15, -0.1) is 11.8 Å². The Morgan fingerprint density at radius 1 is 1.31 bits per heavy atom. The number of aliphatic imine (C=N–C) groups is 2. The average Bonchev–Trinajstić information content (AvgIpc) is 2.14. The summed E-state index contributed by atoms with van der Waals surface area (Å²) in [6.07, 6.45) is 3.94. The van der Waals surface area contributed by atoms with Gasteiger partial charge in [-0.1, -0.05) is 18.7 Å². The molecule has 0 aromatic rings. The summed E-state index contributed by atoms with van der Waals surface area (Å²) in [7, 11) is 0. The summed E-state index contributed by atoms with van der Waals surface area (Å²) in [6, 6.07) is 0. The summed E-state index contributed by atoms with van der Waals surface area (Å²) >= 11 is 2.86. The molecule has 0 bridgehead atoms. The number of rotatable bonds is 7. The van der Waals surface area contributed by atoms with Crippen LogP contribution < -0.4 is 0 Å². The highest BCUT2D eigenvalue weighted by Crippen LogP contribution is 2.24. The molecular formula is C7H10N2O2S2. The first-order valence-electron chi connectivity index (χ1n) is 3.69. The molecule has 0 spiro atoms. The van der Waals surface area contributed by atoms with E-state index >= 15 is 0 Å². The van der Waals surface area contributed by atoms with E-state index in [1.54, 1.807) is 11.8 Å². The molecule has 0 aliphatic rings. The zero-order valence-corrected chi connectivity index (χ0v) is 8.86. The van der Waals surface area contributed by atoms with Crippen LogP contribution in [-0.4, -0.2) is 28.5 Å². The van der Waals surface area contributed by atoms with Gasteiger partial charge in [0.05, 0.1) is 5.88 Å². The molecule has 0 heterocycles. The SMILES string of the molecule is CCCSC(N=C=O)SCN=C=O. The molecule has 4 nitrogen and oxygen atoms in total. The van der Waals surface area contributed by atoms with Gasteiger partial charge < -0.3 is 0 Å². The maximum absolute atomic E-state index is 9.98. The Hall–Kier alpha value is -0.540. The second kappa shape index (κ2) is 9.55. The Morgan fingerprint density at radius 3 is 2.62 bits per heavy atom. The molecule has 6 heteroatoms. The van der Waals surface area contributed by atoms with Crippen molar-refractivity contribution in [3.05, 3.63) is 0 Å². The average molecular weight is 218 g/mol. The van der Waals surface area contributed by atoms with Crippen LogP contribution in [0.15, 0.2) is 9.98 Å². The third kappa shape index (κ3) is 7.81. The first-order valence-corrected chi connectivity index (χ1v) is 5.78. The van der Waals surface area contributed by atoms with E-state index in [2.05, 4.69) is 9.98 Å². The molecule has 1 unspecified atom stereocenters. The van der Waals surface area contributed by atoms with E-state index < -0.39 is 0 Å². The highest BCUT2D eigenvalue weighted by molar-refractivity contribution is 8.16. The van der Waals surface area contributed by atoms with Crippen LogP contribution in [0, 0.1) is 0 Å². The number of carbonyl (C=O) groups excluding carboxylic acids is 2. The zero-order valence-electron chi connectivity index (χ0n) is 7.23. The number of hydrogen-bond acceptors (Lipinski definition) is 6. The zero-order chi connectivity index (χ0) is 9.94. The summed E-state index contributed by atoms with van der Waals surface area (Å²) in [5, 5.41) is 0. The van der Waals surface area contributed by atoms with Gasteiger partial charge in [0.2, 0.25) is 12.2 Å². The molecule has 0 aromatic heterocycles. The third-order valence-electron chi connectivity index (χ3n) is 0.969. The second-order valence-electron chi connectivity index (χ2n) is 1.94. The Labute approximate surface area is 85.3 Å². The van der Waals surface area contributed by atoms with Gasteiger partial charge >= 0.3 is 0 Å². The van der Waals surface area contributed by atoms with Gasteiger partial charge in [0.1, 0.15) is 0 Å². The molecule has 13 heavy (non-hydrogen) atoms. The van der Waals surface area contributed by atoms with Crippen LogP contribution in [0.4, 0.5) is 0 Å². The number of isocyanates is 2. The Kier molecular flexibility index (Phi) is 9.15. The Bertz CT molecular complexity index is 223. The minimum atomic E-state index is -0.199. The molecule has 0 rings (SSSR count). The van der Waals surface area contributed by atoms with Crippen LogP contribution in [0.25, 0.3) is 0 Å². The highest BCUT2D eigenvalue weighted by atomic mass is 32.2. The molecule has 0 N–H and O–H groups in total.